The van der Waals surface area contributed by atoms with Gasteiger partial charge in [0.25, 0.3) is 0 Å². The van der Waals surface area contributed by atoms with Crippen LogP contribution < -0.4 is 0 Å². The van der Waals surface area contributed by atoms with Crippen LogP contribution in [0.4, 0.5) is 23.5 Å². The number of hydrogen-bond donors (Lipinski definition) is 0. The Morgan fingerprint density at radius 2 is 1.45 bits per heavy atom. The third-order valence-corrected chi connectivity index (χ3v) is 6.05. The van der Waals surface area contributed by atoms with Crippen molar-refractivity contribution in [3.8, 4) is 0 Å². The van der Waals surface area contributed by atoms with Crippen LogP contribution in [0.1, 0.15) is 73.7 Å². The molecule has 0 spiro atoms. The van der Waals surface area contributed by atoms with Gasteiger partial charge in [-0.15, -0.1) is 0 Å². The molecule has 1 aliphatic rings. The fourth-order valence-corrected chi connectivity index (χ4v) is 4.20. The van der Waals surface area contributed by atoms with Crippen molar-refractivity contribution in [2.75, 3.05) is 6.61 Å². The van der Waals surface area contributed by atoms with Gasteiger partial charge in [0.05, 0.1) is 23.7 Å². The monoisotopic (exact) mass is 498 g/mol. The van der Waals surface area contributed by atoms with Crippen LogP contribution in [0.15, 0.2) is 59.5 Å². The molecule has 0 N–H and O–H groups in total. The molecular formula is C24H35F5O3S. The normalized spacial score (nSPS) is 16.4. The van der Waals surface area contributed by atoms with Crippen molar-refractivity contribution in [3.05, 3.63) is 65.7 Å². The number of unbranched alkanes of at least 4 members (excludes halogenated alkanes) is 2. The van der Waals surface area contributed by atoms with Crippen molar-refractivity contribution in [1.29, 1.82) is 0 Å². The molecule has 0 saturated heterocycles. The van der Waals surface area contributed by atoms with Crippen molar-refractivity contribution in [1.82, 2.24) is 0 Å². The lowest BCUT2D eigenvalue weighted by Gasteiger charge is -2.29. The Morgan fingerprint density at radius 3 is 2.03 bits per heavy atom. The highest BCUT2D eigenvalue weighted by atomic mass is 32.2. The van der Waals surface area contributed by atoms with Crippen LogP contribution in [0, 0.1) is 0 Å². The molecule has 0 atom stereocenters. The van der Waals surface area contributed by atoms with Gasteiger partial charge in [-0.1, -0.05) is 50.1 Å². The zero-order valence-corrected chi connectivity index (χ0v) is 19.5. The summed E-state index contributed by atoms with van der Waals surface area (Å²) in [4.78, 5) is 13.2. The van der Waals surface area contributed by atoms with Gasteiger partial charge in [-0.2, -0.15) is 0 Å². The van der Waals surface area contributed by atoms with Crippen LogP contribution in [-0.4, -0.2) is 18.7 Å². The largest absolute Gasteiger partial charge is 0.382 e. The van der Waals surface area contributed by atoms with Gasteiger partial charge in [0, 0.05) is 11.5 Å². The van der Waals surface area contributed by atoms with Crippen LogP contribution in [0.2, 0.25) is 0 Å². The van der Waals surface area contributed by atoms with E-state index < -0.39 is 0 Å². The van der Waals surface area contributed by atoms with Crippen LogP contribution >= 0.6 is 12.0 Å². The maximum Gasteiger partial charge on any atom is 0.350 e. The summed E-state index contributed by atoms with van der Waals surface area (Å²) in [6.07, 6.45) is 8.69. The molecule has 2 aromatic rings. The molecule has 1 fully saturated rings. The van der Waals surface area contributed by atoms with E-state index in [1.54, 1.807) is 0 Å². The van der Waals surface area contributed by atoms with Gasteiger partial charge in [0.1, 0.15) is 0 Å². The standard InChI is InChI=1S/C24H30O3S.5FH/c1-2-3-7-18-26-22-16-14-20(15-17-22)19-10-12-21(13-11-19)24(25)27-28-23-8-5-4-6-9-23;;;;;/h4-6,8-13,20,22H,2-3,7,14-18H2,1H3;5*1H. The fraction of sp³-hybridized carbons (Fsp3) is 0.458. The first-order chi connectivity index (χ1) is 13.8. The van der Waals surface area contributed by atoms with E-state index in [-0.39, 0.29) is 29.5 Å². The van der Waals surface area contributed by atoms with Crippen molar-refractivity contribution < 1.29 is 37.2 Å². The number of ether oxygens (including phenoxy) is 1. The lowest BCUT2D eigenvalue weighted by molar-refractivity contribution is 0.0227. The molecule has 0 radical (unpaired) electrons. The molecule has 1 saturated carbocycles. The molecule has 0 heterocycles. The van der Waals surface area contributed by atoms with Gasteiger partial charge in [-0.3, -0.25) is 23.5 Å². The Hall–Kier alpha value is -2.13. The van der Waals surface area contributed by atoms with Gasteiger partial charge >= 0.3 is 5.97 Å². The van der Waals surface area contributed by atoms with E-state index >= 15 is 0 Å². The van der Waals surface area contributed by atoms with E-state index in [0.29, 0.717) is 17.6 Å². The molecule has 190 valence electrons. The third kappa shape index (κ3) is 11.5. The lowest BCUT2D eigenvalue weighted by atomic mass is 9.82. The molecule has 0 amide bonds. The predicted molar refractivity (Wildman–Crippen MR) is 127 cm³/mol. The van der Waals surface area contributed by atoms with Crippen LogP contribution in [-0.2, 0) is 8.92 Å². The Bertz CT molecular complexity index is 727. The van der Waals surface area contributed by atoms with Crippen LogP contribution in [0.5, 0.6) is 0 Å². The van der Waals surface area contributed by atoms with Gasteiger partial charge in [0.15, 0.2) is 0 Å². The molecule has 1 aliphatic carbocycles. The van der Waals surface area contributed by atoms with Crippen molar-refractivity contribution in [2.24, 2.45) is 0 Å². The summed E-state index contributed by atoms with van der Waals surface area (Å²) in [5.74, 6) is 0.267. The van der Waals surface area contributed by atoms with Gasteiger partial charge in [-0.05, 0) is 67.9 Å². The number of hydrogen-bond acceptors (Lipinski definition) is 4. The summed E-state index contributed by atoms with van der Waals surface area (Å²) in [5, 5.41) is 0. The molecule has 0 aliphatic heterocycles. The highest BCUT2D eigenvalue weighted by Gasteiger charge is 2.23. The summed E-state index contributed by atoms with van der Waals surface area (Å²) in [6.45, 7) is 3.12. The maximum absolute atomic E-state index is 12.2. The topological polar surface area (TPSA) is 35.5 Å². The Kier molecular flexibility index (Phi) is 20.8. The number of carbonyl (C=O) groups is 1. The summed E-state index contributed by atoms with van der Waals surface area (Å²) >= 11 is 1.10. The van der Waals surface area contributed by atoms with E-state index in [1.807, 2.05) is 42.5 Å². The minimum Gasteiger partial charge on any atom is -0.382 e. The number of benzene rings is 2. The summed E-state index contributed by atoms with van der Waals surface area (Å²) < 4.78 is 11.3. The Balaban J connectivity index is -0.00000180. The molecule has 33 heavy (non-hydrogen) atoms. The first kappa shape index (κ1) is 35.5. The molecular weight excluding hydrogens is 463 g/mol. The Morgan fingerprint density at radius 1 is 0.848 bits per heavy atom. The second-order valence-corrected chi connectivity index (χ2v) is 8.25. The first-order valence-corrected chi connectivity index (χ1v) is 11.2. The summed E-state index contributed by atoms with van der Waals surface area (Å²) in [6, 6.07) is 17.6. The molecule has 0 bridgehead atoms. The zero-order chi connectivity index (χ0) is 19.6. The van der Waals surface area contributed by atoms with Gasteiger partial charge < -0.3 is 8.92 Å². The van der Waals surface area contributed by atoms with Crippen LogP contribution in [0.25, 0.3) is 0 Å². The third-order valence-electron chi connectivity index (χ3n) is 5.35. The second-order valence-electron chi connectivity index (χ2n) is 7.44. The lowest BCUT2D eigenvalue weighted by Crippen LogP contribution is -2.21. The van der Waals surface area contributed by atoms with E-state index in [9.17, 15) is 4.79 Å². The van der Waals surface area contributed by atoms with E-state index in [2.05, 4.69) is 19.1 Å². The molecule has 3 nitrogen and oxygen atoms in total. The molecule has 3 rings (SSSR count). The minimum absolute atomic E-state index is 0. The number of rotatable bonds is 9. The average Bonchev–Trinajstić information content (AvgIpc) is 2.76. The quantitative estimate of drug-likeness (QED) is 0.203. The molecule has 9 heteroatoms. The van der Waals surface area contributed by atoms with E-state index in [1.165, 1.54) is 24.8 Å². The van der Waals surface area contributed by atoms with Crippen molar-refractivity contribution >= 4 is 18.0 Å². The van der Waals surface area contributed by atoms with Crippen LogP contribution in [0.3, 0.4) is 0 Å². The smallest absolute Gasteiger partial charge is 0.350 e. The fourth-order valence-electron chi connectivity index (χ4n) is 3.67. The minimum atomic E-state index is -0.301. The van der Waals surface area contributed by atoms with Gasteiger partial charge in [0.2, 0.25) is 0 Å². The highest BCUT2D eigenvalue weighted by Crippen LogP contribution is 2.34. The van der Waals surface area contributed by atoms with Gasteiger partial charge in [-0.25, -0.2) is 4.79 Å². The Labute approximate surface area is 196 Å². The second kappa shape index (κ2) is 19.3. The predicted octanol–water partition coefficient (Wildman–Crippen LogP) is 7.55. The highest BCUT2D eigenvalue weighted by molar-refractivity contribution is 7.95. The number of halogens is 5. The van der Waals surface area contributed by atoms with Crippen molar-refractivity contribution in [2.45, 2.75) is 68.8 Å². The van der Waals surface area contributed by atoms with E-state index in [4.69, 9.17) is 8.92 Å². The average molecular weight is 499 g/mol. The van der Waals surface area contributed by atoms with E-state index in [0.717, 1.165) is 49.2 Å². The number of carbonyl (C=O) groups excluding carboxylic acids is 1. The zero-order valence-electron chi connectivity index (χ0n) is 18.7. The summed E-state index contributed by atoms with van der Waals surface area (Å²) in [5.41, 5.74) is 1.91. The summed E-state index contributed by atoms with van der Waals surface area (Å²) in [7, 11) is 0. The molecule has 0 aromatic heterocycles. The first-order valence-electron chi connectivity index (χ1n) is 10.4. The van der Waals surface area contributed by atoms with Crippen molar-refractivity contribution in [3.63, 3.8) is 0 Å². The molecule has 2 aromatic carbocycles. The maximum atomic E-state index is 12.2. The SMILES string of the molecule is CCCCCOC1CCC(c2ccc(C(=O)OSc3ccccc3)cc2)CC1.F.F.F.F.F. The molecule has 0 unspecified atom stereocenters.